The van der Waals surface area contributed by atoms with Gasteiger partial charge in [-0.3, -0.25) is 14.5 Å². The lowest BCUT2D eigenvalue weighted by Crippen LogP contribution is -2.61. The first-order chi connectivity index (χ1) is 9.09. The first kappa shape index (κ1) is 12.2. The second-order valence-electron chi connectivity index (χ2n) is 5.30. The molecule has 19 heavy (non-hydrogen) atoms. The van der Waals surface area contributed by atoms with E-state index in [4.69, 9.17) is 0 Å². The fraction of sp³-hybridized carbons (Fsp3) is 0.429. The molecular formula is C14H17N3O2. The third kappa shape index (κ3) is 1.81. The van der Waals surface area contributed by atoms with E-state index in [2.05, 4.69) is 24.5 Å². The number of piperazine rings is 1. The lowest BCUT2D eigenvalue weighted by molar-refractivity contribution is -0.124. The normalized spacial score (nSPS) is 22.1. The minimum atomic E-state index is -0.436. The third-order valence-corrected chi connectivity index (χ3v) is 3.68. The Balaban J connectivity index is 2.18. The summed E-state index contributed by atoms with van der Waals surface area (Å²) in [6.07, 6.45) is 0. The number of nitrogens with one attached hydrogen (secondary N) is 2. The Kier molecular flexibility index (Phi) is 2.78. The van der Waals surface area contributed by atoms with E-state index >= 15 is 0 Å². The predicted molar refractivity (Wildman–Crippen MR) is 73.3 cm³/mol. The van der Waals surface area contributed by atoms with E-state index in [1.165, 1.54) is 0 Å². The summed E-state index contributed by atoms with van der Waals surface area (Å²) in [5, 5.41) is 5.89. The number of para-hydroxylation sites is 1. The zero-order chi connectivity index (χ0) is 13.6. The minimum Gasteiger partial charge on any atom is -0.322 e. The van der Waals surface area contributed by atoms with Gasteiger partial charge < -0.3 is 10.6 Å². The molecule has 3 rings (SSSR count). The zero-order valence-electron chi connectivity index (χ0n) is 11.1. The number of carbonyl (C=O) groups excluding carboxylic acids is 2. The molecule has 2 heterocycles. The van der Waals surface area contributed by atoms with Crippen LogP contribution >= 0.6 is 0 Å². The van der Waals surface area contributed by atoms with Crippen LogP contribution in [-0.2, 0) is 9.59 Å². The number of hydrogen-bond donors (Lipinski definition) is 2. The van der Waals surface area contributed by atoms with E-state index < -0.39 is 6.04 Å². The molecule has 0 bridgehead atoms. The van der Waals surface area contributed by atoms with Crippen LogP contribution in [0.3, 0.4) is 0 Å². The summed E-state index contributed by atoms with van der Waals surface area (Å²) in [6.45, 7) is 4.97. The van der Waals surface area contributed by atoms with Gasteiger partial charge in [0, 0.05) is 6.54 Å². The van der Waals surface area contributed by atoms with Crippen molar-refractivity contribution in [3.8, 4) is 0 Å². The molecule has 5 nitrogen and oxygen atoms in total. The smallest absolute Gasteiger partial charge is 0.248 e. The molecule has 1 aromatic carbocycles. The summed E-state index contributed by atoms with van der Waals surface area (Å²) >= 11 is 0. The van der Waals surface area contributed by atoms with Crippen molar-refractivity contribution < 1.29 is 9.59 Å². The van der Waals surface area contributed by atoms with Crippen LogP contribution in [0.15, 0.2) is 18.2 Å². The van der Waals surface area contributed by atoms with Crippen molar-refractivity contribution in [2.75, 3.05) is 23.3 Å². The molecule has 1 atom stereocenters. The van der Waals surface area contributed by atoms with Gasteiger partial charge in [-0.2, -0.15) is 0 Å². The van der Waals surface area contributed by atoms with E-state index in [9.17, 15) is 9.59 Å². The van der Waals surface area contributed by atoms with Crippen LogP contribution < -0.4 is 15.5 Å². The lowest BCUT2D eigenvalue weighted by Gasteiger charge is -2.41. The largest absolute Gasteiger partial charge is 0.322 e. The first-order valence-electron chi connectivity index (χ1n) is 6.56. The highest BCUT2D eigenvalue weighted by atomic mass is 16.2. The fourth-order valence-corrected chi connectivity index (χ4v) is 2.77. The second kappa shape index (κ2) is 4.35. The van der Waals surface area contributed by atoms with Crippen molar-refractivity contribution in [1.29, 1.82) is 0 Å². The van der Waals surface area contributed by atoms with Crippen molar-refractivity contribution in [2.24, 2.45) is 0 Å². The maximum atomic E-state index is 12.2. The maximum absolute atomic E-state index is 12.2. The molecule has 5 heteroatoms. The second-order valence-corrected chi connectivity index (χ2v) is 5.30. The van der Waals surface area contributed by atoms with Crippen LogP contribution in [0.2, 0.25) is 0 Å². The average molecular weight is 259 g/mol. The quantitative estimate of drug-likeness (QED) is 0.793. The molecule has 0 aromatic heterocycles. The summed E-state index contributed by atoms with van der Waals surface area (Å²) in [4.78, 5) is 25.9. The molecule has 2 amide bonds. The van der Waals surface area contributed by atoms with Gasteiger partial charge in [0.15, 0.2) is 0 Å². The Labute approximate surface area is 112 Å². The van der Waals surface area contributed by atoms with Crippen molar-refractivity contribution in [3.63, 3.8) is 0 Å². The molecule has 1 aromatic rings. The van der Waals surface area contributed by atoms with E-state index in [0.717, 1.165) is 16.9 Å². The number of rotatable bonds is 1. The van der Waals surface area contributed by atoms with Crippen LogP contribution in [0, 0.1) is 0 Å². The monoisotopic (exact) mass is 259 g/mol. The van der Waals surface area contributed by atoms with Gasteiger partial charge >= 0.3 is 0 Å². The molecule has 2 N–H and O–H groups in total. The third-order valence-electron chi connectivity index (χ3n) is 3.68. The number of hydrogen-bond acceptors (Lipinski definition) is 3. The number of carbonyl (C=O) groups is 2. The Bertz CT molecular complexity index is 554. The summed E-state index contributed by atoms with van der Waals surface area (Å²) in [5.41, 5.74) is 2.70. The number of amides is 2. The Morgan fingerprint density at radius 3 is 2.84 bits per heavy atom. The van der Waals surface area contributed by atoms with Gasteiger partial charge in [0.25, 0.3) is 0 Å². The molecule has 0 spiro atoms. The van der Waals surface area contributed by atoms with Crippen molar-refractivity contribution >= 4 is 23.2 Å². The Morgan fingerprint density at radius 2 is 2.11 bits per heavy atom. The topological polar surface area (TPSA) is 61.4 Å². The van der Waals surface area contributed by atoms with Crippen LogP contribution in [0.25, 0.3) is 0 Å². The predicted octanol–water partition coefficient (Wildman–Crippen LogP) is 1.07. The van der Waals surface area contributed by atoms with E-state index in [0.29, 0.717) is 12.5 Å². The Hall–Kier alpha value is -1.88. The van der Waals surface area contributed by atoms with Crippen molar-refractivity contribution in [3.05, 3.63) is 23.8 Å². The van der Waals surface area contributed by atoms with E-state index in [1.54, 1.807) is 4.90 Å². The van der Waals surface area contributed by atoms with E-state index in [-0.39, 0.29) is 18.4 Å². The lowest BCUT2D eigenvalue weighted by atomic mass is 9.95. The van der Waals surface area contributed by atoms with Gasteiger partial charge in [-0.15, -0.1) is 0 Å². The van der Waals surface area contributed by atoms with Crippen LogP contribution in [0.1, 0.15) is 25.3 Å². The highest BCUT2D eigenvalue weighted by Crippen LogP contribution is 2.39. The number of nitrogens with zero attached hydrogens (tertiary/aromatic N) is 1. The molecular weight excluding hydrogens is 242 g/mol. The highest BCUT2D eigenvalue weighted by Gasteiger charge is 2.40. The molecule has 0 radical (unpaired) electrons. The molecule has 1 saturated heterocycles. The number of anilines is 2. The van der Waals surface area contributed by atoms with Gasteiger partial charge in [-0.25, -0.2) is 0 Å². The highest BCUT2D eigenvalue weighted by molar-refractivity contribution is 6.13. The molecule has 1 unspecified atom stereocenters. The van der Waals surface area contributed by atoms with Gasteiger partial charge in [0.05, 0.1) is 17.9 Å². The average Bonchev–Trinajstić information content (AvgIpc) is 2.38. The molecule has 0 saturated carbocycles. The number of benzene rings is 1. The zero-order valence-corrected chi connectivity index (χ0v) is 11.1. The van der Waals surface area contributed by atoms with E-state index in [1.807, 2.05) is 18.2 Å². The molecule has 100 valence electrons. The van der Waals surface area contributed by atoms with Crippen LogP contribution in [-0.4, -0.2) is 30.9 Å². The van der Waals surface area contributed by atoms with Crippen molar-refractivity contribution in [1.82, 2.24) is 5.32 Å². The van der Waals surface area contributed by atoms with Crippen LogP contribution in [0.5, 0.6) is 0 Å². The van der Waals surface area contributed by atoms with Gasteiger partial charge in [0.2, 0.25) is 11.8 Å². The summed E-state index contributed by atoms with van der Waals surface area (Å²) < 4.78 is 0. The molecule has 1 fully saturated rings. The molecule has 0 aliphatic carbocycles. The van der Waals surface area contributed by atoms with Gasteiger partial charge in [-0.1, -0.05) is 26.0 Å². The SMILES string of the molecule is CC(C)c1cccc2c1N1C(=O)CNCC1C(=O)N2. The summed E-state index contributed by atoms with van der Waals surface area (Å²) in [5.74, 6) is 0.141. The number of fused-ring (bicyclic) bond motifs is 3. The standard InChI is InChI=1S/C14H17N3O2/c1-8(2)9-4-3-5-10-13(9)17-11(14(19)16-10)6-15-7-12(17)18/h3-5,8,11,15H,6-7H2,1-2H3,(H,16,19). The van der Waals surface area contributed by atoms with Crippen LogP contribution in [0.4, 0.5) is 11.4 Å². The fourth-order valence-electron chi connectivity index (χ4n) is 2.77. The van der Waals surface area contributed by atoms with Gasteiger partial charge in [0.1, 0.15) is 6.04 Å². The first-order valence-corrected chi connectivity index (χ1v) is 6.56. The summed E-state index contributed by atoms with van der Waals surface area (Å²) in [6, 6.07) is 5.35. The van der Waals surface area contributed by atoms with Gasteiger partial charge in [-0.05, 0) is 17.5 Å². The van der Waals surface area contributed by atoms with Crippen molar-refractivity contribution in [2.45, 2.75) is 25.8 Å². The molecule has 2 aliphatic rings. The Morgan fingerprint density at radius 1 is 1.32 bits per heavy atom. The summed E-state index contributed by atoms with van der Waals surface area (Å²) in [7, 11) is 0. The minimum absolute atomic E-state index is 0.0412. The molecule has 2 aliphatic heterocycles. The maximum Gasteiger partial charge on any atom is 0.248 e.